The van der Waals surface area contributed by atoms with Crippen LogP contribution < -0.4 is 0 Å². The largest absolute Gasteiger partial charge is 0.478 e. The van der Waals surface area contributed by atoms with Crippen LogP contribution in [-0.4, -0.2) is 15.6 Å². The Labute approximate surface area is 117 Å². The van der Waals surface area contributed by atoms with E-state index in [4.69, 9.17) is 0 Å². The van der Waals surface area contributed by atoms with Gasteiger partial charge in [0.15, 0.2) is 0 Å². The number of aromatic nitrogens is 1. The van der Waals surface area contributed by atoms with Gasteiger partial charge in [-0.2, -0.15) is 5.26 Å². The van der Waals surface area contributed by atoms with Crippen LogP contribution in [0.15, 0.2) is 30.3 Å². The number of hydrogen-bond donors (Lipinski definition) is 1. The van der Waals surface area contributed by atoms with E-state index < -0.39 is 5.97 Å². The highest BCUT2D eigenvalue weighted by atomic mass is 16.4. The van der Waals surface area contributed by atoms with E-state index >= 15 is 0 Å². The third kappa shape index (κ3) is 2.43. The fraction of sp³-hybridized carbons (Fsp3) is 0.250. The maximum atomic E-state index is 11.2. The first-order valence-electron chi connectivity index (χ1n) is 6.48. The molecule has 0 amide bonds. The van der Waals surface area contributed by atoms with Gasteiger partial charge in [0.2, 0.25) is 0 Å². The van der Waals surface area contributed by atoms with Crippen molar-refractivity contribution in [2.75, 3.05) is 0 Å². The van der Waals surface area contributed by atoms with E-state index in [1.165, 1.54) is 0 Å². The molecule has 20 heavy (non-hydrogen) atoms. The minimum atomic E-state index is -0.945. The highest BCUT2D eigenvalue weighted by molar-refractivity contribution is 5.89. The maximum absolute atomic E-state index is 11.2. The lowest BCUT2D eigenvalue weighted by Gasteiger charge is -2.10. The summed E-state index contributed by atoms with van der Waals surface area (Å²) in [6.07, 6.45) is 0.789. The predicted octanol–water partition coefficient (Wildman–Crippen LogP) is 2.98. The van der Waals surface area contributed by atoms with Gasteiger partial charge in [0.1, 0.15) is 11.8 Å². The first-order chi connectivity index (χ1) is 9.58. The summed E-state index contributed by atoms with van der Waals surface area (Å²) in [4.78, 5) is 11.2. The molecule has 0 atom stereocenters. The van der Waals surface area contributed by atoms with Gasteiger partial charge < -0.3 is 9.67 Å². The number of aryl methyl sites for hydroxylation is 2. The summed E-state index contributed by atoms with van der Waals surface area (Å²) in [6, 6.07) is 11.1. The molecule has 0 spiro atoms. The van der Waals surface area contributed by atoms with Crippen LogP contribution in [0.3, 0.4) is 0 Å². The number of carboxylic acid groups (broad SMARTS) is 1. The molecule has 4 heteroatoms. The number of nitriles is 1. The van der Waals surface area contributed by atoms with E-state index in [1.54, 1.807) is 18.2 Å². The molecule has 0 unspecified atom stereocenters. The number of hydrogen-bond acceptors (Lipinski definition) is 2. The number of carbonyl (C=O) groups is 1. The Morgan fingerprint density at radius 2 is 2.05 bits per heavy atom. The van der Waals surface area contributed by atoms with Crippen molar-refractivity contribution in [3.8, 4) is 6.07 Å². The maximum Gasteiger partial charge on any atom is 0.336 e. The number of benzene rings is 1. The van der Waals surface area contributed by atoms with E-state index in [2.05, 4.69) is 6.07 Å². The van der Waals surface area contributed by atoms with Gasteiger partial charge in [0, 0.05) is 12.2 Å². The van der Waals surface area contributed by atoms with Gasteiger partial charge >= 0.3 is 5.97 Å². The Balaban J connectivity index is 2.49. The average Bonchev–Trinajstić information content (AvgIpc) is 2.75. The van der Waals surface area contributed by atoms with Gasteiger partial charge in [-0.25, -0.2) is 4.79 Å². The highest BCUT2D eigenvalue weighted by Gasteiger charge is 2.14. The second-order valence-electron chi connectivity index (χ2n) is 4.67. The van der Waals surface area contributed by atoms with Crippen LogP contribution >= 0.6 is 0 Å². The third-order valence-electron chi connectivity index (χ3n) is 3.45. The molecule has 0 radical (unpaired) electrons. The van der Waals surface area contributed by atoms with Crippen molar-refractivity contribution in [1.29, 1.82) is 5.26 Å². The lowest BCUT2D eigenvalue weighted by molar-refractivity contribution is 0.0695. The van der Waals surface area contributed by atoms with Gasteiger partial charge in [-0.05, 0) is 36.6 Å². The van der Waals surface area contributed by atoms with Crippen molar-refractivity contribution in [1.82, 2.24) is 4.57 Å². The van der Waals surface area contributed by atoms with Crippen molar-refractivity contribution in [3.05, 3.63) is 58.4 Å². The Hall–Kier alpha value is -2.54. The van der Waals surface area contributed by atoms with Crippen LogP contribution in [0.25, 0.3) is 0 Å². The van der Waals surface area contributed by atoms with Crippen LogP contribution in [0, 0.1) is 18.3 Å². The van der Waals surface area contributed by atoms with Gasteiger partial charge in [-0.15, -0.1) is 0 Å². The molecule has 0 aliphatic carbocycles. The van der Waals surface area contributed by atoms with Crippen LogP contribution in [0.4, 0.5) is 0 Å². The fourth-order valence-corrected chi connectivity index (χ4v) is 2.39. The fourth-order valence-electron chi connectivity index (χ4n) is 2.39. The summed E-state index contributed by atoms with van der Waals surface area (Å²) >= 11 is 0. The summed E-state index contributed by atoms with van der Waals surface area (Å²) < 4.78 is 1.88. The Kier molecular flexibility index (Phi) is 3.90. The summed E-state index contributed by atoms with van der Waals surface area (Å²) in [5.41, 5.74) is 3.57. The normalized spacial score (nSPS) is 10.2. The molecule has 4 nitrogen and oxygen atoms in total. The van der Waals surface area contributed by atoms with Gasteiger partial charge in [0.25, 0.3) is 0 Å². The Morgan fingerprint density at radius 3 is 2.65 bits per heavy atom. The van der Waals surface area contributed by atoms with Crippen molar-refractivity contribution in [3.63, 3.8) is 0 Å². The SMILES string of the molecule is CCc1cc(C)n(Cc2ccccc2C(=O)O)c1C#N. The minimum Gasteiger partial charge on any atom is -0.478 e. The second-order valence-corrected chi connectivity index (χ2v) is 4.67. The lowest BCUT2D eigenvalue weighted by Crippen LogP contribution is -2.09. The van der Waals surface area contributed by atoms with Crippen LogP contribution in [0.1, 0.15) is 39.8 Å². The molecular weight excluding hydrogens is 252 g/mol. The van der Waals surface area contributed by atoms with E-state index in [-0.39, 0.29) is 5.56 Å². The zero-order valence-electron chi connectivity index (χ0n) is 11.6. The zero-order valence-corrected chi connectivity index (χ0v) is 11.6. The molecule has 0 aliphatic rings. The average molecular weight is 268 g/mol. The molecule has 102 valence electrons. The number of nitrogens with zero attached hydrogens (tertiary/aromatic N) is 2. The molecule has 0 saturated heterocycles. The van der Waals surface area contributed by atoms with Crippen LogP contribution in [0.5, 0.6) is 0 Å². The Bertz CT molecular complexity index is 693. The second kappa shape index (κ2) is 5.62. The number of carboxylic acids is 1. The molecule has 0 bridgehead atoms. The quantitative estimate of drug-likeness (QED) is 0.927. The smallest absolute Gasteiger partial charge is 0.336 e. The van der Waals surface area contributed by atoms with E-state index in [0.29, 0.717) is 17.8 Å². The molecule has 2 rings (SSSR count). The van der Waals surface area contributed by atoms with Crippen molar-refractivity contribution in [2.45, 2.75) is 26.8 Å². The third-order valence-corrected chi connectivity index (χ3v) is 3.45. The first kappa shape index (κ1) is 13.9. The minimum absolute atomic E-state index is 0.280. The van der Waals surface area contributed by atoms with Crippen molar-refractivity contribution < 1.29 is 9.90 Å². The molecule has 1 aromatic heterocycles. The topological polar surface area (TPSA) is 66.0 Å². The summed E-state index contributed by atoms with van der Waals surface area (Å²) in [5, 5.41) is 18.5. The monoisotopic (exact) mass is 268 g/mol. The number of aromatic carboxylic acids is 1. The van der Waals surface area contributed by atoms with E-state index in [9.17, 15) is 15.2 Å². The molecule has 0 aliphatic heterocycles. The van der Waals surface area contributed by atoms with Crippen LogP contribution in [0.2, 0.25) is 0 Å². The molecule has 1 aromatic carbocycles. The Morgan fingerprint density at radius 1 is 1.35 bits per heavy atom. The first-order valence-corrected chi connectivity index (χ1v) is 6.48. The van der Waals surface area contributed by atoms with E-state index in [1.807, 2.05) is 30.5 Å². The molecule has 1 N–H and O–H groups in total. The summed E-state index contributed by atoms with van der Waals surface area (Å²) in [6.45, 7) is 4.34. The zero-order chi connectivity index (χ0) is 14.7. The molecule has 1 heterocycles. The van der Waals surface area contributed by atoms with Gasteiger partial charge in [-0.1, -0.05) is 25.1 Å². The highest BCUT2D eigenvalue weighted by Crippen LogP contribution is 2.19. The van der Waals surface area contributed by atoms with Gasteiger partial charge in [-0.3, -0.25) is 0 Å². The van der Waals surface area contributed by atoms with Crippen LogP contribution in [-0.2, 0) is 13.0 Å². The molecule has 0 saturated carbocycles. The van der Waals surface area contributed by atoms with Gasteiger partial charge in [0.05, 0.1) is 5.56 Å². The predicted molar refractivity (Wildman–Crippen MR) is 75.8 cm³/mol. The summed E-state index contributed by atoms with van der Waals surface area (Å²) in [5.74, 6) is -0.945. The lowest BCUT2D eigenvalue weighted by atomic mass is 10.1. The van der Waals surface area contributed by atoms with E-state index in [0.717, 1.165) is 17.7 Å². The van der Waals surface area contributed by atoms with Crippen molar-refractivity contribution in [2.24, 2.45) is 0 Å². The van der Waals surface area contributed by atoms with Crippen molar-refractivity contribution >= 4 is 5.97 Å². The molecule has 2 aromatic rings. The summed E-state index contributed by atoms with van der Waals surface area (Å²) in [7, 11) is 0. The molecular formula is C16H16N2O2. The standard InChI is InChI=1S/C16H16N2O2/c1-3-12-8-11(2)18(15(12)9-17)10-13-6-4-5-7-14(13)16(19)20/h4-8H,3,10H2,1-2H3,(H,19,20). The molecule has 0 fully saturated rings. The number of rotatable bonds is 4.